The van der Waals surface area contributed by atoms with Gasteiger partial charge in [0.2, 0.25) is 5.91 Å². The average molecular weight is 258 g/mol. The summed E-state index contributed by atoms with van der Waals surface area (Å²) in [6, 6.07) is 14.0. The molecule has 0 saturated carbocycles. The number of nitrogens with zero attached hydrogens (tertiary/aromatic N) is 1. The Bertz CT molecular complexity index is 567. The first-order valence-electron chi connectivity index (χ1n) is 6.23. The van der Waals surface area contributed by atoms with Crippen molar-refractivity contribution in [2.75, 3.05) is 20.7 Å². The van der Waals surface area contributed by atoms with E-state index in [0.29, 0.717) is 13.0 Å². The largest absolute Gasteiger partial charge is 0.493 e. The molecule has 2 aromatic rings. The average Bonchev–Trinajstić information content (AvgIpc) is 2.37. The first kappa shape index (κ1) is 13.4. The molecule has 0 heterocycles. The zero-order chi connectivity index (χ0) is 13.7. The normalized spacial score (nSPS) is 10.7. The molecule has 0 radical (unpaired) electrons. The Kier molecular flexibility index (Phi) is 4.36. The van der Waals surface area contributed by atoms with Crippen LogP contribution in [0.5, 0.6) is 5.75 Å². The third kappa shape index (κ3) is 3.96. The van der Waals surface area contributed by atoms with Crippen molar-refractivity contribution in [3.8, 4) is 5.75 Å². The molecule has 1 N–H and O–H groups in total. The molecule has 0 aromatic heterocycles. The molecular weight excluding hydrogens is 240 g/mol. The molecule has 4 heteroatoms. The van der Waals surface area contributed by atoms with E-state index in [1.807, 2.05) is 36.4 Å². The van der Waals surface area contributed by atoms with E-state index in [1.54, 1.807) is 19.1 Å². The van der Waals surface area contributed by atoms with Gasteiger partial charge in [0.05, 0.1) is 13.0 Å². The van der Waals surface area contributed by atoms with Gasteiger partial charge in [-0.05, 0) is 22.9 Å². The SMILES string of the molecule is CN(C)NC(=O)CCOc1ccc2ccccc2c1. The van der Waals surface area contributed by atoms with Crippen molar-refractivity contribution < 1.29 is 9.53 Å². The van der Waals surface area contributed by atoms with E-state index in [1.165, 1.54) is 5.39 Å². The molecule has 0 aliphatic carbocycles. The summed E-state index contributed by atoms with van der Waals surface area (Å²) in [4.78, 5) is 11.4. The summed E-state index contributed by atoms with van der Waals surface area (Å²) < 4.78 is 5.59. The molecule has 0 spiro atoms. The van der Waals surface area contributed by atoms with E-state index in [0.717, 1.165) is 11.1 Å². The van der Waals surface area contributed by atoms with Crippen LogP contribution in [0.2, 0.25) is 0 Å². The van der Waals surface area contributed by atoms with Crippen LogP contribution in [0.4, 0.5) is 0 Å². The second kappa shape index (κ2) is 6.20. The Morgan fingerprint density at radius 2 is 1.89 bits per heavy atom. The van der Waals surface area contributed by atoms with Gasteiger partial charge in [-0.15, -0.1) is 0 Å². The van der Waals surface area contributed by atoms with Gasteiger partial charge in [0.15, 0.2) is 0 Å². The van der Waals surface area contributed by atoms with E-state index in [2.05, 4.69) is 11.5 Å². The van der Waals surface area contributed by atoms with Crippen molar-refractivity contribution in [3.05, 3.63) is 42.5 Å². The first-order valence-corrected chi connectivity index (χ1v) is 6.23. The Labute approximate surface area is 112 Å². The standard InChI is InChI=1S/C15H18N2O2/c1-17(2)16-15(18)9-10-19-14-8-7-12-5-3-4-6-13(12)11-14/h3-8,11H,9-10H2,1-2H3,(H,16,18). The quantitative estimate of drug-likeness (QED) is 0.836. The fourth-order valence-corrected chi connectivity index (χ4v) is 1.82. The minimum atomic E-state index is -0.0502. The number of rotatable bonds is 5. The van der Waals surface area contributed by atoms with Gasteiger partial charge in [0, 0.05) is 14.1 Å². The van der Waals surface area contributed by atoms with Gasteiger partial charge in [0.1, 0.15) is 5.75 Å². The Morgan fingerprint density at radius 1 is 1.16 bits per heavy atom. The van der Waals surface area contributed by atoms with E-state index in [9.17, 15) is 4.79 Å². The number of benzene rings is 2. The summed E-state index contributed by atoms with van der Waals surface area (Å²) in [6.07, 6.45) is 0.338. The van der Waals surface area contributed by atoms with E-state index in [-0.39, 0.29) is 5.91 Å². The van der Waals surface area contributed by atoms with Gasteiger partial charge >= 0.3 is 0 Å². The van der Waals surface area contributed by atoms with E-state index < -0.39 is 0 Å². The van der Waals surface area contributed by atoms with Crippen LogP contribution in [-0.4, -0.2) is 31.6 Å². The Hall–Kier alpha value is -2.07. The maximum Gasteiger partial charge on any atom is 0.237 e. The fraction of sp³-hybridized carbons (Fsp3) is 0.267. The zero-order valence-electron chi connectivity index (χ0n) is 11.2. The van der Waals surface area contributed by atoms with E-state index >= 15 is 0 Å². The molecule has 0 aliphatic heterocycles. The Morgan fingerprint density at radius 3 is 2.63 bits per heavy atom. The van der Waals surface area contributed by atoms with Crippen molar-refractivity contribution in [1.82, 2.24) is 10.4 Å². The topological polar surface area (TPSA) is 41.6 Å². The summed E-state index contributed by atoms with van der Waals surface area (Å²) >= 11 is 0. The van der Waals surface area contributed by atoms with Gasteiger partial charge < -0.3 is 4.74 Å². The van der Waals surface area contributed by atoms with Crippen LogP contribution >= 0.6 is 0 Å². The van der Waals surface area contributed by atoms with Crippen molar-refractivity contribution in [1.29, 1.82) is 0 Å². The van der Waals surface area contributed by atoms with Crippen LogP contribution in [-0.2, 0) is 4.79 Å². The van der Waals surface area contributed by atoms with E-state index in [4.69, 9.17) is 4.74 Å². The van der Waals surface area contributed by atoms with Crippen molar-refractivity contribution in [2.45, 2.75) is 6.42 Å². The summed E-state index contributed by atoms with van der Waals surface area (Å²) in [5.74, 6) is 0.738. The molecule has 100 valence electrons. The lowest BCUT2D eigenvalue weighted by Crippen LogP contribution is -2.36. The molecule has 0 unspecified atom stereocenters. The fourth-order valence-electron chi connectivity index (χ4n) is 1.82. The van der Waals surface area contributed by atoms with Crippen molar-refractivity contribution >= 4 is 16.7 Å². The van der Waals surface area contributed by atoms with Crippen LogP contribution in [0.25, 0.3) is 10.8 Å². The van der Waals surface area contributed by atoms with Gasteiger partial charge in [0.25, 0.3) is 0 Å². The number of ether oxygens (including phenoxy) is 1. The number of carbonyl (C=O) groups is 1. The number of hydrogen-bond donors (Lipinski definition) is 1. The predicted molar refractivity (Wildman–Crippen MR) is 75.9 cm³/mol. The molecule has 19 heavy (non-hydrogen) atoms. The Balaban J connectivity index is 1.89. The first-order chi connectivity index (χ1) is 9.15. The van der Waals surface area contributed by atoms with Crippen LogP contribution in [0.15, 0.2) is 42.5 Å². The highest BCUT2D eigenvalue weighted by Gasteiger charge is 2.03. The van der Waals surface area contributed by atoms with Gasteiger partial charge in [-0.2, -0.15) is 0 Å². The third-order valence-corrected chi connectivity index (χ3v) is 2.67. The number of hydrogen-bond acceptors (Lipinski definition) is 3. The van der Waals surface area contributed by atoms with Crippen LogP contribution in [0, 0.1) is 0 Å². The van der Waals surface area contributed by atoms with Gasteiger partial charge in [-0.3, -0.25) is 10.2 Å². The number of hydrazine groups is 1. The predicted octanol–water partition coefficient (Wildman–Crippen LogP) is 2.20. The molecule has 0 saturated heterocycles. The van der Waals surface area contributed by atoms with Gasteiger partial charge in [-0.25, -0.2) is 5.01 Å². The summed E-state index contributed by atoms with van der Waals surface area (Å²) in [7, 11) is 3.56. The molecule has 0 atom stereocenters. The molecule has 0 fully saturated rings. The molecule has 2 aromatic carbocycles. The highest BCUT2D eigenvalue weighted by Crippen LogP contribution is 2.20. The summed E-state index contributed by atoms with van der Waals surface area (Å²) in [5, 5.41) is 3.94. The molecule has 0 aliphatic rings. The highest BCUT2D eigenvalue weighted by molar-refractivity contribution is 5.83. The van der Waals surface area contributed by atoms with Gasteiger partial charge in [-0.1, -0.05) is 30.3 Å². The highest BCUT2D eigenvalue weighted by atomic mass is 16.5. The zero-order valence-corrected chi connectivity index (χ0v) is 11.2. The minimum Gasteiger partial charge on any atom is -0.493 e. The number of fused-ring (bicyclic) bond motifs is 1. The van der Waals surface area contributed by atoms with Crippen LogP contribution < -0.4 is 10.2 Å². The van der Waals surface area contributed by atoms with Crippen molar-refractivity contribution in [3.63, 3.8) is 0 Å². The lowest BCUT2D eigenvalue weighted by atomic mass is 10.1. The van der Waals surface area contributed by atoms with Crippen LogP contribution in [0.1, 0.15) is 6.42 Å². The minimum absolute atomic E-state index is 0.0502. The molecule has 0 bridgehead atoms. The number of nitrogens with one attached hydrogen (secondary N) is 1. The molecular formula is C15H18N2O2. The molecule has 2 rings (SSSR count). The maximum atomic E-state index is 11.4. The summed E-state index contributed by atoms with van der Waals surface area (Å²) in [5.41, 5.74) is 2.67. The lowest BCUT2D eigenvalue weighted by molar-refractivity contribution is -0.125. The third-order valence-electron chi connectivity index (χ3n) is 2.67. The second-order valence-electron chi connectivity index (χ2n) is 4.54. The van der Waals surface area contributed by atoms with Crippen LogP contribution in [0.3, 0.4) is 0 Å². The number of carbonyl (C=O) groups excluding carboxylic acids is 1. The second-order valence-corrected chi connectivity index (χ2v) is 4.54. The van der Waals surface area contributed by atoms with Crippen molar-refractivity contribution in [2.24, 2.45) is 0 Å². The smallest absolute Gasteiger partial charge is 0.237 e. The lowest BCUT2D eigenvalue weighted by Gasteiger charge is -2.12. The molecule has 4 nitrogen and oxygen atoms in total. The summed E-state index contributed by atoms with van der Waals surface area (Å²) in [6.45, 7) is 0.373. The number of amides is 1. The maximum absolute atomic E-state index is 11.4. The monoisotopic (exact) mass is 258 g/mol. The molecule has 1 amide bonds.